The van der Waals surface area contributed by atoms with Crippen molar-refractivity contribution < 1.29 is 13.9 Å². The summed E-state index contributed by atoms with van der Waals surface area (Å²) >= 11 is 0. The number of carbonyl (C=O) groups excluding carboxylic acids is 1. The molecule has 130 valence electrons. The Labute approximate surface area is 142 Å². The van der Waals surface area contributed by atoms with Crippen molar-refractivity contribution in [2.45, 2.75) is 58.0 Å². The lowest BCUT2D eigenvalue weighted by Crippen LogP contribution is -2.50. The maximum Gasteiger partial charge on any atom is 0.226 e. The monoisotopic (exact) mass is 332 g/mol. The van der Waals surface area contributed by atoms with Crippen LogP contribution in [0.15, 0.2) is 18.2 Å². The number of carbonyl (C=O) groups is 1. The van der Waals surface area contributed by atoms with Gasteiger partial charge in [-0.15, -0.1) is 0 Å². The molecule has 1 aromatic rings. The van der Waals surface area contributed by atoms with Gasteiger partial charge >= 0.3 is 0 Å². The first-order valence-corrected chi connectivity index (χ1v) is 8.87. The van der Waals surface area contributed by atoms with Crippen LogP contribution >= 0.6 is 0 Å². The largest absolute Gasteiger partial charge is 0.352 e. The fraction of sp³-hybridized carbons (Fsp3) is 0.632. The van der Waals surface area contributed by atoms with Gasteiger partial charge in [-0.05, 0) is 36.1 Å². The van der Waals surface area contributed by atoms with E-state index in [1.807, 2.05) is 17.9 Å². The lowest BCUT2D eigenvalue weighted by atomic mass is 10.0. The lowest BCUT2D eigenvalue weighted by Gasteiger charge is -2.34. The van der Waals surface area contributed by atoms with Gasteiger partial charge in [0.25, 0.3) is 0 Å². The number of amides is 1. The summed E-state index contributed by atoms with van der Waals surface area (Å²) in [6, 6.07) is 5.25. The third-order valence-corrected chi connectivity index (χ3v) is 6.05. The summed E-state index contributed by atoms with van der Waals surface area (Å²) in [7, 11) is 0. The SMILES string of the molecule is Cc1cc(F)ccc1CN1CC[C@@]23OC[C@@H](C(C)C)N2C(=O)C[C@@H]13. The summed E-state index contributed by atoms with van der Waals surface area (Å²) in [4.78, 5) is 17.0. The highest BCUT2D eigenvalue weighted by molar-refractivity contribution is 5.82. The molecule has 3 heterocycles. The normalized spacial score (nSPS) is 32.7. The Morgan fingerprint density at radius 3 is 2.92 bits per heavy atom. The zero-order valence-electron chi connectivity index (χ0n) is 14.6. The second-order valence-electron chi connectivity index (χ2n) is 7.74. The Hall–Kier alpha value is -1.46. The Balaban J connectivity index is 1.59. The molecule has 24 heavy (non-hydrogen) atoms. The molecule has 0 radical (unpaired) electrons. The van der Waals surface area contributed by atoms with E-state index in [9.17, 15) is 9.18 Å². The molecular formula is C19H25FN2O2. The maximum atomic E-state index is 13.3. The van der Waals surface area contributed by atoms with Gasteiger partial charge in [-0.25, -0.2) is 4.39 Å². The number of aryl methyl sites for hydroxylation is 1. The first-order valence-electron chi connectivity index (χ1n) is 8.87. The van der Waals surface area contributed by atoms with Crippen LogP contribution in [0.25, 0.3) is 0 Å². The average molecular weight is 332 g/mol. The number of likely N-dealkylation sites (tertiary alicyclic amines) is 1. The van der Waals surface area contributed by atoms with E-state index in [2.05, 4.69) is 18.7 Å². The minimum atomic E-state index is -0.431. The van der Waals surface area contributed by atoms with Crippen LogP contribution in [-0.4, -0.2) is 46.7 Å². The standard InChI is InChI=1S/C19H25FN2O2/c1-12(2)16-11-24-19-6-7-21(17(19)9-18(23)22(16)19)10-14-4-5-15(20)8-13(14)3/h4-5,8,12,16-17H,6-7,9-11H2,1-3H3/t16-,17+,19-/m0/s1. The van der Waals surface area contributed by atoms with Crippen molar-refractivity contribution in [3.05, 3.63) is 35.1 Å². The van der Waals surface area contributed by atoms with Crippen LogP contribution in [0.4, 0.5) is 4.39 Å². The molecule has 0 aliphatic carbocycles. The molecule has 3 saturated heterocycles. The van der Waals surface area contributed by atoms with E-state index in [-0.39, 0.29) is 23.8 Å². The summed E-state index contributed by atoms with van der Waals surface area (Å²) in [5, 5.41) is 0. The third-order valence-electron chi connectivity index (χ3n) is 6.05. The number of hydrogen-bond acceptors (Lipinski definition) is 3. The zero-order valence-corrected chi connectivity index (χ0v) is 14.6. The molecule has 1 spiro atoms. The van der Waals surface area contributed by atoms with E-state index < -0.39 is 5.72 Å². The van der Waals surface area contributed by atoms with Crippen LogP contribution in [0.1, 0.15) is 37.8 Å². The molecule has 1 amide bonds. The van der Waals surface area contributed by atoms with Crippen LogP contribution in [-0.2, 0) is 16.1 Å². The van der Waals surface area contributed by atoms with E-state index in [4.69, 9.17) is 4.74 Å². The number of nitrogens with zero attached hydrogens (tertiary/aromatic N) is 2. The first-order chi connectivity index (χ1) is 11.4. The molecule has 0 bridgehead atoms. The van der Waals surface area contributed by atoms with Crippen molar-refractivity contribution in [3.63, 3.8) is 0 Å². The van der Waals surface area contributed by atoms with Crippen LogP contribution in [0.5, 0.6) is 0 Å². The van der Waals surface area contributed by atoms with Gasteiger partial charge in [0.1, 0.15) is 5.82 Å². The number of rotatable bonds is 3. The van der Waals surface area contributed by atoms with Crippen molar-refractivity contribution in [2.75, 3.05) is 13.2 Å². The van der Waals surface area contributed by atoms with Gasteiger partial charge in [-0.1, -0.05) is 19.9 Å². The van der Waals surface area contributed by atoms with Crippen molar-refractivity contribution in [1.82, 2.24) is 9.80 Å². The van der Waals surface area contributed by atoms with Gasteiger partial charge in [-0.2, -0.15) is 0 Å². The number of hydrogen-bond donors (Lipinski definition) is 0. The average Bonchev–Trinajstić information content (AvgIpc) is 3.13. The second-order valence-corrected chi connectivity index (χ2v) is 7.74. The van der Waals surface area contributed by atoms with Gasteiger partial charge in [0, 0.05) is 25.9 Å². The second kappa shape index (κ2) is 5.53. The summed E-state index contributed by atoms with van der Waals surface area (Å²) < 4.78 is 19.6. The van der Waals surface area contributed by atoms with Crippen molar-refractivity contribution in [3.8, 4) is 0 Å². The topological polar surface area (TPSA) is 32.8 Å². The highest BCUT2D eigenvalue weighted by atomic mass is 19.1. The number of benzene rings is 1. The fourth-order valence-corrected chi connectivity index (χ4v) is 4.70. The molecule has 4 rings (SSSR count). The molecule has 0 saturated carbocycles. The lowest BCUT2D eigenvalue weighted by molar-refractivity contribution is -0.139. The van der Waals surface area contributed by atoms with Gasteiger partial charge in [-0.3, -0.25) is 9.69 Å². The minimum Gasteiger partial charge on any atom is -0.352 e. The summed E-state index contributed by atoms with van der Waals surface area (Å²) in [5.74, 6) is 0.424. The molecule has 3 fully saturated rings. The minimum absolute atomic E-state index is 0.109. The molecule has 0 aromatic heterocycles. The van der Waals surface area contributed by atoms with Crippen molar-refractivity contribution >= 4 is 5.91 Å². The molecule has 3 aliphatic rings. The molecule has 5 heteroatoms. The fourth-order valence-electron chi connectivity index (χ4n) is 4.70. The predicted octanol–water partition coefficient (Wildman–Crippen LogP) is 2.69. The number of halogens is 1. The van der Waals surface area contributed by atoms with Gasteiger partial charge in [0.2, 0.25) is 5.91 Å². The Morgan fingerprint density at radius 1 is 1.42 bits per heavy atom. The van der Waals surface area contributed by atoms with E-state index in [1.54, 1.807) is 6.07 Å². The molecule has 3 atom stereocenters. The molecule has 3 aliphatic heterocycles. The summed E-state index contributed by atoms with van der Waals surface area (Å²) in [5.41, 5.74) is 1.65. The molecule has 0 N–H and O–H groups in total. The van der Waals surface area contributed by atoms with Crippen LogP contribution in [0, 0.1) is 18.7 Å². The number of ether oxygens (including phenoxy) is 1. The quantitative estimate of drug-likeness (QED) is 0.853. The van der Waals surface area contributed by atoms with E-state index >= 15 is 0 Å². The highest BCUT2D eigenvalue weighted by Crippen LogP contribution is 2.49. The summed E-state index contributed by atoms with van der Waals surface area (Å²) in [6.45, 7) is 8.55. The van der Waals surface area contributed by atoms with E-state index in [0.29, 0.717) is 18.9 Å². The summed E-state index contributed by atoms with van der Waals surface area (Å²) in [6.07, 6.45) is 1.40. The third kappa shape index (κ3) is 2.21. The smallest absolute Gasteiger partial charge is 0.226 e. The zero-order chi connectivity index (χ0) is 17.1. The first kappa shape index (κ1) is 16.0. The van der Waals surface area contributed by atoms with Crippen LogP contribution < -0.4 is 0 Å². The highest BCUT2D eigenvalue weighted by Gasteiger charge is 2.64. The van der Waals surface area contributed by atoms with Crippen LogP contribution in [0.2, 0.25) is 0 Å². The van der Waals surface area contributed by atoms with Gasteiger partial charge in [0.05, 0.1) is 18.7 Å². The van der Waals surface area contributed by atoms with Gasteiger partial charge < -0.3 is 9.64 Å². The van der Waals surface area contributed by atoms with Crippen molar-refractivity contribution in [1.29, 1.82) is 0 Å². The Morgan fingerprint density at radius 2 is 2.21 bits per heavy atom. The Kier molecular flexibility index (Phi) is 3.69. The van der Waals surface area contributed by atoms with E-state index in [1.165, 1.54) is 6.07 Å². The van der Waals surface area contributed by atoms with Crippen LogP contribution in [0.3, 0.4) is 0 Å². The Bertz CT molecular complexity index is 677. The molecular weight excluding hydrogens is 307 g/mol. The van der Waals surface area contributed by atoms with Gasteiger partial charge in [0.15, 0.2) is 5.72 Å². The molecule has 1 aromatic carbocycles. The molecule has 0 unspecified atom stereocenters. The van der Waals surface area contributed by atoms with Crippen molar-refractivity contribution in [2.24, 2.45) is 5.92 Å². The molecule has 4 nitrogen and oxygen atoms in total. The predicted molar refractivity (Wildman–Crippen MR) is 88.7 cm³/mol. The maximum absolute atomic E-state index is 13.3. The van der Waals surface area contributed by atoms with E-state index in [0.717, 1.165) is 30.6 Å².